The molecule has 1 aromatic heterocycles. The summed E-state index contributed by atoms with van der Waals surface area (Å²) in [6.07, 6.45) is 3.49. The second kappa shape index (κ2) is 6.48. The molecular formula is C17H17ClN2OS2. The highest BCUT2D eigenvalue weighted by atomic mass is 35.5. The van der Waals surface area contributed by atoms with Crippen LogP contribution in [0.25, 0.3) is 0 Å². The minimum absolute atomic E-state index is 0.0531. The van der Waals surface area contributed by atoms with Crippen LogP contribution >= 0.6 is 34.7 Å². The largest absolute Gasteiger partial charge is 0.347 e. The SMILES string of the molecule is O=C(N[C@@H]1CC2CCC1N2)c1ccc(Sc2ccc(Cl)cc2)s1. The summed E-state index contributed by atoms with van der Waals surface area (Å²) in [5, 5.41) is 7.48. The molecular weight excluding hydrogens is 348 g/mol. The molecule has 2 unspecified atom stereocenters. The zero-order chi connectivity index (χ0) is 15.8. The van der Waals surface area contributed by atoms with Crippen molar-refractivity contribution in [3.63, 3.8) is 0 Å². The first-order valence-corrected chi connectivity index (χ1v) is 9.78. The minimum Gasteiger partial charge on any atom is -0.347 e. The fraction of sp³-hybridized carbons (Fsp3) is 0.353. The predicted octanol–water partition coefficient (Wildman–Crippen LogP) is 4.18. The molecule has 0 saturated carbocycles. The number of hydrogen-bond acceptors (Lipinski definition) is 4. The van der Waals surface area contributed by atoms with E-state index in [4.69, 9.17) is 11.6 Å². The van der Waals surface area contributed by atoms with Crippen LogP contribution in [0.3, 0.4) is 0 Å². The van der Waals surface area contributed by atoms with Crippen LogP contribution < -0.4 is 10.6 Å². The van der Waals surface area contributed by atoms with Gasteiger partial charge < -0.3 is 10.6 Å². The van der Waals surface area contributed by atoms with Gasteiger partial charge in [0.2, 0.25) is 0 Å². The number of nitrogens with one attached hydrogen (secondary N) is 2. The third kappa shape index (κ3) is 3.43. The second-order valence-corrected chi connectivity index (χ2v) is 8.93. The zero-order valence-corrected chi connectivity index (χ0v) is 14.8. The van der Waals surface area contributed by atoms with E-state index >= 15 is 0 Å². The normalized spacial score (nSPS) is 25.7. The van der Waals surface area contributed by atoms with Gasteiger partial charge in [0.05, 0.1) is 9.09 Å². The van der Waals surface area contributed by atoms with Crippen molar-refractivity contribution in [3.8, 4) is 0 Å². The first-order chi connectivity index (χ1) is 11.2. The molecule has 3 heterocycles. The highest BCUT2D eigenvalue weighted by Crippen LogP contribution is 2.34. The van der Waals surface area contributed by atoms with Crippen LogP contribution in [0.15, 0.2) is 45.5 Å². The average molecular weight is 365 g/mol. The van der Waals surface area contributed by atoms with E-state index in [2.05, 4.69) is 10.6 Å². The van der Waals surface area contributed by atoms with Crippen LogP contribution in [0, 0.1) is 0 Å². The van der Waals surface area contributed by atoms with E-state index in [-0.39, 0.29) is 11.9 Å². The van der Waals surface area contributed by atoms with Crippen molar-refractivity contribution in [2.45, 2.75) is 46.5 Å². The van der Waals surface area contributed by atoms with Crippen molar-refractivity contribution >= 4 is 40.6 Å². The molecule has 1 aromatic carbocycles. The van der Waals surface area contributed by atoms with Crippen LogP contribution in [0.1, 0.15) is 28.9 Å². The smallest absolute Gasteiger partial charge is 0.261 e. The number of fused-ring (bicyclic) bond motifs is 2. The lowest BCUT2D eigenvalue weighted by molar-refractivity contribution is 0.0935. The molecule has 3 atom stereocenters. The highest BCUT2D eigenvalue weighted by Gasteiger charge is 2.39. The summed E-state index contributed by atoms with van der Waals surface area (Å²) in [7, 11) is 0. The molecule has 2 saturated heterocycles. The lowest BCUT2D eigenvalue weighted by atomic mass is 9.95. The van der Waals surface area contributed by atoms with Crippen LogP contribution in [0.2, 0.25) is 5.02 Å². The summed E-state index contributed by atoms with van der Waals surface area (Å²) in [6, 6.07) is 13.0. The molecule has 0 aliphatic carbocycles. The number of thiophene rings is 1. The van der Waals surface area contributed by atoms with Crippen molar-refractivity contribution in [2.75, 3.05) is 0 Å². The van der Waals surface area contributed by atoms with E-state index in [1.54, 1.807) is 23.1 Å². The molecule has 2 N–H and O–H groups in total. The Morgan fingerprint density at radius 1 is 1.22 bits per heavy atom. The molecule has 3 nitrogen and oxygen atoms in total. The first kappa shape index (κ1) is 15.5. The van der Waals surface area contributed by atoms with Crippen molar-refractivity contribution in [1.29, 1.82) is 0 Å². The van der Waals surface area contributed by atoms with Gasteiger partial charge in [-0.3, -0.25) is 4.79 Å². The topological polar surface area (TPSA) is 41.1 Å². The number of benzene rings is 1. The molecule has 0 spiro atoms. The number of carbonyl (C=O) groups is 1. The number of hydrogen-bond donors (Lipinski definition) is 2. The van der Waals surface area contributed by atoms with E-state index in [1.165, 1.54) is 12.8 Å². The van der Waals surface area contributed by atoms with Crippen LogP contribution in [0.4, 0.5) is 0 Å². The molecule has 2 aliphatic heterocycles. The standard InChI is InChI=1S/C17H17ClN2OS2/c18-10-1-4-12(5-2-10)22-16-8-7-15(23-16)17(21)20-14-9-11-3-6-13(14)19-11/h1-2,4-5,7-8,11,13-14,19H,3,6,9H2,(H,20,21)/t11?,13?,14-/m1/s1. The van der Waals surface area contributed by atoms with Crippen molar-refractivity contribution < 1.29 is 4.79 Å². The Bertz CT molecular complexity index is 716. The molecule has 23 heavy (non-hydrogen) atoms. The number of carbonyl (C=O) groups excluding carboxylic acids is 1. The summed E-state index contributed by atoms with van der Waals surface area (Å²) in [6.45, 7) is 0. The number of amides is 1. The zero-order valence-electron chi connectivity index (χ0n) is 12.4. The highest BCUT2D eigenvalue weighted by molar-refractivity contribution is 8.01. The van der Waals surface area contributed by atoms with Crippen molar-refractivity contribution in [3.05, 3.63) is 46.3 Å². The lowest BCUT2D eigenvalue weighted by Gasteiger charge is -2.20. The van der Waals surface area contributed by atoms with E-state index in [9.17, 15) is 4.79 Å². The summed E-state index contributed by atoms with van der Waals surface area (Å²) in [5.74, 6) is 0.0531. The quantitative estimate of drug-likeness (QED) is 0.855. The summed E-state index contributed by atoms with van der Waals surface area (Å²) in [4.78, 5) is 14.3. The van der Waals surface area contributed by atoms with E-state index in [0.717, 1.165) is 25.4 Å². The Kier molecular flexibility index (Phi) is 4.37. The molecule has 0 radical (unpaired) electrons. The average Bonchev–Trinajstić information content (AvgIpc) is 3.26. The lowest BCUT2D eigenvalue weighted by Crippen LogP contribution is -2.42. The molecule has 2 fully saturated rings. The maximum Gasteiger partial charge on any atom is 0.261 e. The predicted molar refractivity (Wildman–Crippen MR) is 95.7 cm³/mol. The van der Waals surface area contributed by atoms with Gasteiger partial charge in [-0.25, -0.2) is 0 Å². The number of halogens is 1. The molecule has 4 rings (SSSR count). The molecule has 6 heteroatoms. The first-order valence-electron chi connectivity index (χ1n) is 7.77. The summed E-state index contributed by atoms with van der Waals surface area (Å²) < 4.78 is 1.11. The van der Waals surface area contributed by atoms with Gasteiger partial charge in [-0.1, -0.05) is 23.4 Å². The van der Waals surface area contributed by atoms with Gasteiger partial charge in [-0.15, -0.1) is 11.3 Å². The minimum atomic E-state index is 0.0531. The van der Waals surface area contributed by atoms with E-state index < -0.39 is 0 Å². The Hall–Kier alpha value is -1.01. The van der Waals surface area contributed by atoms with Crippen LogP contribution in [-0.4, -0.2) is 24.0 Å². The van der Waals surface area contributed by atoms with Gasteiger partial charge in [0.15, 0.2) is 0 Å². The van der Waals surface area contributed by atoms with E-state index in [0.29, 0.717) is 12.1 Å². The van der Waals surface area contributed by atoms with Crippen molar-refractivity contribution in [2.24, 2.45) is 0 Å². The van der Waals surface area contributed by atoms with Gasteiger partial charge in [-0.05, 0) is 55.7 Å². The molecule has 2 aliphatic rings. The maximum atomic E-state index is 12.4. The third-order valence-electron chi connectivity index (χ3n) is 4.45. The van der Waals surface area contributed by atoms with Crippen LogP contribution in [-0.2, 0) is 0 Å². The third-order valence-corrected chi connectivity index (χ3v) is 6.93. The van der Waals surface area contributed by atoms with Gasteiger partial charge in [0.25, 0.3) is 5.91 Å². The fourth-order valence-corrected chi connectivity index (χ4v) is 5.47. The summed E-state index contributed by atoms with van der Waals surface area (Å²) in [5.41, 5.74) is 0. The van der Waals surface area contributed by atoms with Gasteiger partial charge >= 0.3 is 0 Å². The molecule has 2 aromatic rings. The fourth-order valence-electron chi connectivity index (χ4n) is 3.34. The molecule has 2 bridgehead atoms. The Morgan fingerprint density at radius 3 is 2.74 bits per heavy atom. The van der Waals surface area contributed by atoms with Gasteiger partial charge in [-0.2, -0.15) is 0 Å². The van der Waals surface area contributed by atoms with Crippen LogP contribution in [0.5, 0.6) is 0 Å². The van der Waals surface area contributed by atoms with Crippen molar-refractivity contribution in [1.82, 2.24) is 10.6 Å². The molecule has 1 amide bonds. The van der Waals surface area contributed by atoms with Gasteiger partial charge in [0.1, 0.15) is 0 Å². The monoisotopic (exact) mass is 364 g/mol. The Balaban J connectivity index is 1.39. The Labute approximate surface area is 148 Å². The maximum absolute atomic E-state index is 12.4. The summed E-state index contributed by atoms with van der Waals surface area (Å²) >= 11 is 9.10. The molecule has 120 valence electrons. The Morgan fingerprint density at radius 2 is 2.04 bits per heavy atom. The van der Waals surface area contributed by atoms with Gasteiger partial charge in [0, 0.05) is 28.0 Å². The second-order valence-electron chi connectivity index (χ2n) is 6.04. The van der Waals surface area contributed by atoms with E-state index in [1.807, 2.05) is 36.4 Å². The number of rotatable bonds is 4.